The van der Waals surface area contributed by atoms with Crippen molar-refractivity contribution in [2.75, 3.05) is 12.3 Å². The molecule has 2 N–H and O–H groups in total. The van der Waals surface area contributed by atoms with E-state index in [2.05, 4.69) is 24.0 Å². The number of amidine groups is 1. The predicted molar refractivity (Wildman–Crippen MR) is 85.5 cm³/mol. The number of aliphatic imine (C=N–C) groups is 1. The second-order valence-corrected chi connectivity index (χ2v) is 5.92. The maximum absolute atomic E-state index is 11.3. The molecule has 0 aliphatic carbocycles. The average Bonchev–Trinajstić information content (AvgIpc) is 2.89. The maximum Gasteiger partial charge on any atom is 0.320 e. The van der Waals surface area contributed by atoms with Crippen LogP contribution in [0.2, 0.25) is 0 Å². The number of aryl methyl sites for hydroxylation is 1. The molecule has 1 heterocycles. The molecule has 0 saturated carbocycles. The smallest absolute Gasteiger partial charge is 0.320 e. The number of hydrogen-bond acceptors (Lipinski definition) is 3. The van der Waals surface area contributed by atoms with Gasteiger partial charge in [0.15, 0.2) is 5.17 Å². The summed E-state index contributed by atoms with van der Waals surface area (Å²) in [6, 6.07) is 7.82. The molecular formula is C15H21N3OS. The first kappa shape index (κ1) is 14.9. The second kappa shape index (κ2) is 7.33. The highest BCUT2D eigenvalue weighted by Crippen LogP contribution is 2.23. The molecule has 1 aliphatic heterocycles. The summed E-state index contributed by atoms with van der Waals surface area (Å²) in [5, 5.41) is 0.705. The van der Waals surface area contributed by atoms with Gasteiger partial charge in [-0.2, -0.15) is 0 Å². The van der Waals surface area contributed by atoms with Crippen LogP contribution in [0.3, 0.4) is 0 Å². The molecule has 1 aromatic carbocycles. The Balaban J connectivity index is 2.01. The van der Waals surface area contributed by atoms with Crippen LogP contribution in [-0.2, 0) is 6.42 Å². The summed E-state index contributed by atoms with van der Waals surface area (Å²) in [6.45, 7) is 2.86. The van der Waals surface area contributed by atoms with Crippen LogP contribution in [0.4, 0.5) is 10.5 Å². The number of carbonyl (C=O) groups excluding carboxylic acids is 1. The van der Waals surface area contributed by atoms with Gasteiger partial charge < -0.3 is 5.73 Å². The summed E-state index contributed by atoms with van der Waals surface area (Å²) >= 11 is 1.57. The van der Waals surface area contributed by atoms with Crippen molar-refractivity contribution in [3.8, 4) is 0 Å². The molecule has 4 nitrogen and oxygen atoms in total. The fourth-order valence-electron chi connectivity index (χ4n) is 2.13. The highest BCUT2D eigenvalue weighted by atomic mass is 32.2. The van der Waals surface area contributed by atoms with Gasteiger partial charge in [0.2, 0.25) is 0 Å². The van der Waals surface area contributed by atoms with Gasteiger partial charge in [-0.1, -0.05) is 43.7 Å². The number of carbonyl (C=O) groups is 1. The maximum atomic E-state index is 11.3. The normalized spacial score (nSPS) is 16.9. The fraction of sp³-hybridized carbons (Fsp3) is 0.467. The summed E-state index contributed by atoms with van der Waals surface area (Å²) in [7, 11) is 0. The molecule has 2 rings (SSSR count). The summed E-state index contributed by atoms with van der Waals surface area (Å²) in [5.41, 5.74) is 7.54. The average molecular weight is 291 g/mol. The number of urea groups is 1. The van der Waals surface area contributed by atoms with Gasteiger partial charge in [0, 0.05) is 12.3 Å². The van der Waals surface area contributed by atoms with E-state index in [0.29, 0.717) is 11.7 Å². The largest absolute Gasteiger partial charge is 0.351 e. The Kier molecular flexibility index (Phi) is 5.47. The summed E-state index contributed by atoms with van der Waals surface area (Å²) in [4.78, 5) is 17.3. The highest BCUT2D eigenvalue weighted by molar-refractivity contribution is 8.14. The third kappa shape index (κ3) is 4.00. The number of nitrogens with zero attached hydrogens (tertiary/aromatic N) is 2. The van der Waals surface area contributed by atoms with Crippen LogP contribution in [-0.4, -0.2) is 28.4 Å². The standard InChI is InChI=1S/C15H21N3OS/c1-2-3-4-5-12-6-8-13(9-7-12)17-15-18(14(16)19)10-11-20-15/h6-9H,2-5,10-11H2,1H3,(H2,16,19). The number of unbranched alkanes of at least 4 members (excludes halogenated alkanes) is 2. The number of rotatable bonds is 5. The Morgan fingerprint density at radius 2 is 2.10 bits per heavy atom. The number of nitrogens with two attached hydrogens (primary N) is 1. The lowest BCUT2D eigenvalue weighted by molar-refractivity contribution is 0.233. The predicted octanol–water partition coefficient (Wildman–Crippen LogP) is 3.53. The zero-order chi connectivity index (χ0) is 14.4. The molecule has 0 atom stereocenters. The number of amides is 2. The van der Waals surface area contributed by atoms with Gasteiger partial charge in [-0.05, 0) is 30.5 Å². The highest BCUT2D eigenvalue weighted by Gasteiger charge is 2.23. The van der Waals surface area contributed by atoms with Gasteiger partial charge >= 0.3 is 6.03 Å². The molecular weight excluding hydrogens is 270 g/mol. The molecule has 2 amide bonds. The molecule has 0 unspecified atom stereocenters. The molecule has 5 heteroatoms. The summed E-state index contributed by atoms with van der Waals surface area (Å²) in [6.07, 6.45) is 4.86. The minimum atomic E-state index is -0.426. The molecule has 1 aliphatic rings. The summed E-state index contributed by atoms with van der Waals surface area (Å²) < 4.78 is 0. The monoisotopic (exact) mass is 291 g/mol. The van der Waals surface area contributed by atoms with Gasteiger partial charge in [-0.15, -0.1) is 0 Å². The van der Waals surface area contributed by atoms with Crippen molar-refractivity contribution in [2.45, 2.75) is 32.6 Å². The van der Waals surface area contributed by atoms with Crippen molar-refractivity contribution in [2.24, 2.45) is 10.7 Å². The van der Waals surface area contributed by atoms with Gasteiger partial charge in [0.25, 0.3) is 0 Å². The number of benzene rings is 1. The van der Waals surface area contributed by atoms with Crippen molar-refractivity contribution in [1.29, 1.82) is 0 Å². The molecule has 1 saturated heterocycles. The van der Waals surface area contributed by atoms with E-state index in [-0.39, 0.29) is 0 Å². The minimum Gasteiger partial charge on any atom is -0.351 e. The van der Waals surface area contributed by atoms with E-state index in [9.17, 15) is 4.79 Å². The zero-order valence-electron chi connectivity index (χ0n) is 11.8. The number of thioether (sulfide) groups is 1. The van der Waals surface area contributed by atoms with Gasteiger partial charge in [-0.3, -0.25) is 4.90 Å². The van der Waals surface area contributed by atoms with Gasteiger partial charge in [-0.25, -0.2) is 9.79 Å². The molecule has 1 aromatic rings. The minimum absolute atomic E-state index is 0.426. The van der Waals surface area contributed by atoms with Crippen LogP contribution in [0, 0.1) is 0 Å². The Morgan fingerprint density at radius 1 is 1.35 bits per heavy atom. The Morgan fingerprint density at radius 3 is 2.75 bits per heavy atom. The summed E-state index contributed by atoms with van der Waals surface area (Å²) in [5.74, 6) is 0.858. The van der Waals surface area contributed by atoms with E-state index in [4.69, 9.17) is 5.73 Å². The fourth-order valence-corrected chi connectivity index (χ4v) is 3.09. The third-order valence-electron chi connectivity index (χ3n) is 3.27. The van der Waals surface area contributed by atoms with Crippen molar-refractivity contribution in [3.63, 3.8) is 0 Å². The lowest BCUT2D eigenvalue weighted by Gasteiger charge is -2.11. The molecule has 0 spiro atoms. The SMILES string of the molecule is CCCCCc1ccc(N=C2SCCN2C(N)=O)cc1. The van der Waals surface area contributed by atoms with Crippen LogP contribution >= 0.6 is 11.8 Å². The number of hydrogen-bond donors (Lipinski definition) is 1. The zero-order valence-corrected chi connectivity index (χ0v) is 12.7. The Labute approximate surface area is 124 Å². The van der Waals surface area contributed by atoms with Crippen molar-refractivity contribution >= 4 is 28.6 Å². The molecule has 0 bridgehead atoms. The molecule has 0 radical (unpaired) electrons. The van der Waals surface area contributed by atoms with Crippen LogP contribution in [0.15, 0.2) is 29.3 Å². The first-order chi connectivity index (χ1) is 9.70. The molecule has 1 fully saturated rings. The lowest BCUT2D eigenvalue weighted by Crippen LogP contribution is -2.36. The molecule has 0 aromatic heterocycles. The van der Waals surface area contributed by atoms with Crippen molar-refractivity contribution < 1.29 is 4.79 Å². The Bertz CT molecular complexity index is 484. The van der Waals surface area contributed by atoms with E-state index < -0.39 is 6.03 Å². The lowest BCUT2D eigenvalue weighted by atomic mass is 10.1. The van der Waals surface area contributed by atoms with E-state index in [1.54, 1.807) is 11.8 Å². The van der Waals surface area contributed by atoms with E-state index in [0.717, 1.165) is 17.9 Å². The topological polar surface area (TPSA) is 58.7 Å². The quantitative estimate of drug-likeness (QED) is 0.844. The van der Waals surface area contributed by atoms with E-state index in [1.807, 2.05) is 12.1 Å². The third-order valence-corrected chi connectivity index (χ3v) is 4.23. The van der Waals surface area contributed by atoms with E-state index >= 15 is 0 Å². The van der Waals surface area contributed by atoms with Crippen LogP contribution in [0.25, 0.3) is 0 Å². The molecule has 20 heavy (non-hydrogen) atoms. The number of primary amides is 1. The van der Waals surface area contributed by atoms with Gasteiger partial charge in [0.1, 0.15) is 0 Å². The molecule has 108 valence electrons. The van der Waals surface area contributed by atoms with Crippen LogP contribution < -0.4 is 5.73 Å². The first-order valence-corrected chi connectivity index (χ1v) is 8.06. The van der Waals surface area contributed by atoms with Crippen LogP contribution in [0.1, 0.15) is 31.7 Å². The van der Waals surface area contributed by atoms with Crippen molar-refractivity contribution in [1.82, 2.24) is 4.90 Å². The Hall–Kier alpha value is -1.49. The van der Waals surface area contributed by atoms with E-state index in [1.165, 1.54) is 29.7 Å². The van der Waals surface area contributed by atoms with Crippen LogP contribution in [0.5, 0.6) is 0 Å². The first-order valence-electron chi connectivity index (χ1n) is 7.08. The second-order valence-electron chi connectivity index (χ2n) is 4.86. The van der Waals surface area contributed by atoms with Gasteiger partial charge in [0.05, 0.1) is 5.69 Å². The van der Waals surface area contributed by atoms with Crippen molar-refractivity contribution in [3.05, 3.63) is 29.8 Å².